The normalized spacial score (nSPS) is 30.9. The Morgan fingerprint density at radius 3 is 2.33 bits per heavy atom. The van der Waals surface area contributed by atoms with Crippen molar-refractivity contribution < 1.29 is 0 Å². The van der Waals surface area contributed by atoms with Crippen LogP contribution in [0, 0.1) is 62.6 Å². The maximum atomic E-state index is 9.86. The molecule has 4 unspecified atom stereocenters. The molecule has 0 bridgehead atoms. The van der Waals surface area contributed by atoms with Gasteiger partial charge in [-0.3, -0.25) is 0 Å². The second-order valence-electron chi connectivity index (χ2n) is 6.72. The largest absolute Gasteiger partial charge is 0.305 e. The number of rotatable bonds is 1. The van der Waals surface area contributed by atoms with Crippen molar-refractivity contribution in [3.8, 4) is 18.2 Å². The van der Waals surface area contributed by atoms with Crippen LogP contribution in [0.5, 0.6) is 0 Å². The molecule has 1 aromatic rings. The van der Waals surface area contributed by atoms with E-state index in [4.69, 9.17) is 5.41 Å². The van der Waals surface area contributed by atoms with Crippen molar-refractivity contribution in [2.75, 3.05) is 0 Å². The third-order valence-electron chi connectivity index (χ3n) is 5.39. The summed E-state index contributed by atoms with van der Waals surface area (Å²) in [6.07, 6.45) is 3.89. The highest BCUT2D eigenvalue weighted by atomic mass is 14.6. The Morgan fingerprint density at radius 1 is 1.08 bits per heavy atom. The summed E-state index contributed by atoms with van der Waals surface area (Å²) in [5.74, 6) is -0.851. The number of nitriles is 3. The minimum absolute atomic E-state index is 0.0401. The van der Waals surface area contributed by atoms with Crippen LogP contribution in [0.1, 0.15) is 31.2 Å². The van der Waals surface area contributed by atoms with Gasteiger partial charge in [0.2, 0.25) is 0 Å². The third kappa shape index (κ3) is 2.14. The van der Waals surface area contributed by atoms with Crippen LogP contribution in [-0.2, 0) is 0 Å². The minimum Gasteiger partial charge on any atom is -0.305 e. The van der Waals surface area contributed by atoms with E-state index in [2.05, 4.69) is 31.2 Å². The Labute approximate surface area is 142 Å². The van der Waals surface area contributed by atoms with Crippen LogP contribution in [0.25, 0.3) is 0 Å². The lowest BCUT2D eigenvalue weighted by Gasteiger charge is -2.46. The van der Waals surface area contributed by atoms with E-state index in [1.54, 1.807) is 0 Å². The molecule has 0 spiro atoms. The van der Waals surface area contributed by atoms with Gasteiger partial charge < -0.3 is 5.41 Å². The van der Waals surface area contributed by atoms with Gasteiger partial charge in [0, 0.05) is 5.92 Å². The van der Waals surface area contributed by atoms with Crippen LogP contribution in [0.2, 0.25) is 0 Å². The molecule has 4 nitrogen and oxygen atoms in total. The Bertz CT molecular complexity index is 802. The molecular weight excluding hydrogens is 296 g/mol. The molecule has 0 aliphatic heterocycles. The second-order valence-corrected chi connectivity index (χ2v) is 6.72. The van der Waals surface area contributed by atoms with E-state index < -0.39 is 17.3 Å². The van der Waals surface area contributed by atoms with Crippen molar-refractivity contribution in [2.45, 2.75) is 25.7 Å². The Morgan fingerprint density at radius 2 is 1.75 bits per heavy atom. The van der Waals surface area contributed by atoms with E-state index in [9.17, 15) is 15.8 Å². The number of allylic oxidation sites excluding steroid dienone is 2. The molecule has 0 heterocycles. The molecule has 1 saturated carbocycles. The highest BCUT2D eigenvalue weighted by molar-refractivity contribution is 6.00. The molecule has 1 fully saturated rings. The Hall–Kier alpha value is -2.90. The van der Waals surface area contributed by atoms with E-state index in [1.807, 2.05) is 30.3 Å². The molecule has 0 amide bonds. The number of benzene rings is 1. The predicted molar refractivity (Wildman–Crippen MR) is 89.6 cm³/mol. The number of hydrogen-bond acceptors (Lipinski definition) is 4. The monoisotopic (exact) mass is 314 g/mol. The fraction of sp³-hybridized carbons (Fsp3) is 0.400. The van der Waals surface area contributed by atoms with Gasteiger partial charge in [0.15, 0.2) is 5.41 Å². The number of nitrogens with zero attached hydrogens (tertiary/aromatic N) is 3. The summed E-state index contributed by atoms with van der Waals surface area (Å²) in [6.45, 7) is 2.11. The molecule has 1 N–H and O–H groups in total. The molecule has 118 valence electrons. The van der Waals surface area contributed by atoms with Crippen molar-refractivity contribution in [1.29, 1.82) is 21.2 Å². The van der Waals surface area contributed by atoms with Crippen LogP contribution < -0.4 is 0 Å². The number of nitrogens with one attached hydrogen (secondary N) is 1. The van der Waals surface area contributed by atoms with Gasteiger partial charge in [0.1, 0.15) is 5.92 Å². The van der Waals surface area contributed by atoms with E-state index in [0.717, 1.165) is 24.0 Å². The molecule has 4 atom stereocenters. The average Bonchev–Trinajstić information content (AvgIpc) is 2.62. The topological polar surface area (TPSA) is 95.2 Å². The van der Waals surface area contributed by atoms with Crippen LogP contribution in [0.3, 0.4) is 0 Å². The van der Waals surface area contributed by atoms with Crippen molar-refractivity contribution in [3.05, 3.63) is 47.5 Å². The van der Waals surface area contributed by atoms with E-state index in [1.165, 1.54) is 0 Å². The third-order valence-corrected chi connectivity index (χ3v) is 5.39. The van der Waals surface area contributed by atoms with Gasteiger partial charge >= 0.3 is 0 Å². The number of hydrogen-bond donors (Lipinski definition) is 1. The summed E-state index contributed by atoms with van der Waals surface area (Å²) in [6, 6.07) is 15.9. The van der Waals surface area contributed by atoms with Gasteiger partial charge in [-0.15, -0.1) is 0 Å². The first-order chi connectivity index (χ1) is 11.6. The fourth-order valence-corrected chi connectivity index (χ4v) is 4.24. The molecule has 0 radical (unpaired) electrons. The maximum absolute atomic E-state index is 9.86. The summed E-state index contributed by atoms with van der Waals surface area (Å²) in [5, 5.41) is 37.8. The smallest absolute Gasteiger partial charge is 0.189 e. The summed E-state index contributed by atoms with van der Waals surface area (Å²) in [4.78, 5) is 0. The van der Waals surface area contributed by atoms with Gasteiger partial charge in [0.05, 0.1) is 23.9 Å². The molecule has 0 aromatic heterocycles. The van der Waals surface area contributed by atoms with Gasteiger partial charge in [-0.05, 0) is 35.8 Å². The lowest BCUT2D eigenvalue weighted by atomic mass is 9.52. The first-order valence-electron chi connectivity index (χ1n) is 8.16. The van der Waals surface area contributed by atoms with E-state index in [0.29, 0.717) is 5.92 Å². The molecule has 3 rings (SSSR count). The Kier molecular flexibility index (Phi) is 3.96. The average molecular weight is 314 g/mol. The summed E-state index contributed by atoms with van der Waals surface area (Å²) < 4.78 is 0. The summed E-state index contributed by atoms with van der Waals surface area (Å²) >= 11 is 0. The standard InChI is InChI=1S/C20H18N4/c1-13-7-8-15-16(9-13)17(10-21)19(24)20(11-22,12-23)18(15)14-5-3-2-4-6-14/h2-6,9,13,15,17-18,24H,7-8H2,1H3. The minimum atomic E-state index is -1.58. The predicted octanol–water partition coefficient (Wildman–Crippen LogP) is 3.95. The van der Waals surface area contributed by atoms with Crippen LogP contribution >= 0.6 is 0 Å². The van der Waals surface area contributed by atoms with Crippen molar-refractivity contribution >= 4 is 5.71 Å². The molecule has 24 heavy (non-hydrogen) atoms. The highest BCUT2D eigenvalue weighted by Crippen LogP contribution is 2.55. The molecule has 2 aliphatic rings. The number of fused-ring (bicyclic) bond motifs is 1. The zero-order valence-electron chi connectivity index (χ0n) is 13.5. The van der Waals surface area contributed by atoms with Gasteiger partial charge in [-0.2, -0.15) is 15.8 Å². The van der Waals surface area contributed by atoms with Crippen LogP contribution in [0.15, 0.2) is 42.0 Å². The van der Waals surface area contributed by atoms with Crippen molar-refractivity contribution in [2.24, 2.45) is 23.2 Å². The molecule has 4 heteroatoms. The lowest BCUT2D eigenvalue weighted by molar-refractivity contribution is 0.303. The second kappa shape index (κ2) is 5.95. The van der Waals surface area contributed by atoms with Gasteiger partial charge in [-0.25, -0.2) is 0 Å². The molecule has 2 aliphatic carbocycles. The zero-order valence-corrected chi connectivity index (χ0v) is 13.5. The zero-order chi connectivity index (χ0) is 17.3. The van der Waals surface area contributed by atoms with E-state index in [-0.39, 0.29) is 11.6 Å². The highest BCUT2D eigenvalue weighted by Gasteiger charge is 2.57. The van der Waals surface area contributed by atoms with Gasteiger partial charge in [0.25, 0.3) is 0 Å². The lowest BCUT2D eigenvalue weighted by Crippen LogP contribution is -2.49. The van der Waals surface area contributed by atoms with Gasteiger partial charge in [-0.1, -0.05) is 43.3 Å². The van der Waals surface area contributed by atoms with E-state index >= 15 is 0 Å². The SMILES string of the molecule is CC1C=C2C(C#N)C(=N)C(C#N)(C#N)C(c3ccccc3)C2CC1. The molecule has 1 aromatic carbocycles. The first-order valence-corrected chi connectivity index (χ1v) is 8.16. The fourth-order valence-electron chi connectivity index (χ4n) is 4.24. The summed E-state index contributed by atoms with van der Waals surface area (Å²) in [7, 11) is 0. The summed E-state index contributed by atoms with van der Waals surface area (Å²) in [5.41, 5.74) is 0.175. The van der Waals surface area contributed by atoms with Crippen molar-refractivity contribution in [1.82, 2.24) is 0 Å². The van der Waals surface area contributed by atoms with Crippen molar-refractivity contribution in [3.63, 3.8) is 0 Å². The quantitative estimate of drug-likeness (QED) is 0.795. The first kappa shape index (κ1) is 16.0. The molecule has 0 saturated heterocycles. The molecular formula is C20H18N4. The maximum Gasteiger partial charge on any atom is 0.189 e. The van der Waals surface area contributed by atoms with Crippen LogP contribution in [-0.4, -0.2) is 5.71 Å². The Balaban J connectivity index is 2.26. The van der Waals surface area contributed by atoms with Crippen LogP contribution in [0.4, 0.5) is 0 Å².